The van der Waals surface area contributed by atoms with Crippen LogP contribution in [0.3, 0.4) is 0 Å². The zero-order valence-corrected chi connectivity index (χ0v) is 21.1. The summed E-state index contributed by atoms with van der Waals surface area (Å²) in [5.41, 5.74) is 5.92. The number of hydrazone groups is 1. The predicted octanol–water partition coefficient (Wildman–Crippen LogP) is 2.51. The third-order valence-corrected chi connectivity index (χ3v) is 7.75. The van der Waals surface area contributed by atoms with Gasteiger partial charge in [0.1, 0.15) is 17.8 Å². The van der Waals surface area contributed by atoms with Crippen LogP contribution in [0.2, 0.25) is 5.02 Å². The number of aryl methyl sites for hydroxylation is 1. The molecule has 0 radical (unpaired) electrons. The minimum Gasteiger partial charge on any atom is -0.456 e. The van der Waals surface area contributed by atoms with Crippen molar-refractivity contribution in [1.82, 2.24) is 15.1 Å². The second-order valence-electron chi connectivity index (χ2n) is 8.54. The van der Waals surface area contributed by atoms with Crippen molar-refractivity contribution in [2.24, 2.45) is 5.10 Å². The lowest BCUT2D eigenvalue weighted by Gasteiger charge is -2.26. The molecule has 188 valence electrons. The molecule has 1 aliphatic carbocycles. The zero-order chi connectivity index (χ0) is 25.3. The minimum atomic E-state index is -4.21. The van der Waals surface area contributed by atoms with E-state index in [0.29, 0.717) is 0 Å². The molecule has 4 atom stereocenters. The van der Waals surface area contributed by atoms with Crippen LogP contribution in [0.15, 0.2) is 40.5 Å². The van der Waals surface area contributed by atoms with Gasteiger partial charge in [-0.05, 0) is 55.0 Å². The Morgan fingerprint density at radius 3 is 2.74 bits per heavy atom. The van der Waals surface area contributed by atoms with Crippen LogP contribution in [-0.2, 0) is 37.1 Å². The molecule has 12 heteroatoms. The Balaban J connectivity index is 1.68. The van der Waals surface area contributed by atoms with Crippen molar-refractivity contribution >= 4 is 33.5 Å². The summed E-state index contributed by atoms with van der Waals surface area (Å²) in [4.78, 5) is 15.5. The molecule has 2 heterocycles. The van der Waals surface area contributed by atoms with Crippen LogP contribution >= 0.6 is 11.6 Å². The molecular formula is C23H27ClN4O6S. The van der Waals surface area contributed by atoms with Gasteiger partial charge in [-0.2, -0.15) is 4.72 Å². The number of pyridine rings is 1. The summed E-state index contributed by atoms with van der Waals surface area (Å²) in [6.45, 7) is 4.67. The number of nitrogens with one attached hydrogen (secondary N) is 2. The number of benzene rings is 1. The minimum absolute atomic E-state index is 0.00615. The van der Waals surface area contributed by atoms with Gasteiger partial charge in [-0.25, -0.2) is 18.8 Å². The van der Waals surface area contributed by atoms with Gasteiger partial charge >= 0.3 is 5.97 Å². The monoisotopic (exact) mass is 522 g/mol. The van der Waals surface area contributed by atoms with E-state index in [0.717, 1.165) is 24.8 Å². The van der Waals surface area contributed by atoms with E-state index in [4.69, 9.17) is 21.1 Å². The highest BCUT2D eigenvalue weighted by Crippen LogP contribution is 2.33. The Morgan fingerprint density at radius 2 is 2.06 bits per heavy atom. The molecule has 1 aliphatic heterocycles. The van der Waals surface area contributed by atoms with Crippen molar-refractivity contribution in [2.45, 2.75) is 69.5 Å². The van der Waals surface area contributed by atoms with E-state index in [1.165, 1.54) is 30.2 Å². The van der Waals surface area contributed by atoms with E-state index in [1.54, 1.807) is 6.92 Å². The summed E-state index contributed by atoms with van der Waals surface area (Å²) in [6.07, 6.45) is 0.682. The molecule has 0 bridgehead atoms. The van der Waals surface area contributed by atoms with E-state index in [1.807, 2.05) is 19.1 Å². The van der Waals surface area contributed by atoms with Crippen LogP contribution in [0.25, 0.3) is 0 Å². The molecule has 4 rings (SSSR count). The Kier molecular flexibility index (Phi) is 7.32. The molecule has 0 spiro atoms. The number of aliphatic hydroxyl groups excluding tert-OH is 1. The first kappa shape index (κ1) is 25.4. The number of sulfonamides is 1. The first-order valence-corrected chi connectivity index (χ1v) is 13.1. The molecule has 2 unspecified atom stereocenters. The van der Waals surface area contributed by atoms with Crippen LogP contribution in [0.1, 0.15) is 61.6 Å². The lowest BCUT2D eigenvalue weighted by atomic mass is 9.88. The van der Waals surface area contributed by atoms with Gasteiger partial charge in [-0.3, -0.25) is 4.79 Å². The molecule has 3 N–H and O–H groups in total. The Bertz CT molecular complexity index is 1270. The number of carbonyl (C=O) groups is 1. The first-order chi connectivity index (χ1) is 16.6. The van der Waals surface area contributed by atoms with E-state index in [-0.39, 0.29) is 27.6 Å². The van der Waals surface area contributed by atoms with Crippen molar-refractivity contribution in [3.8, 4) is 0 Å². The Morgan fingerprint density at radius 1 is 1.29 bits per heavy atom. The van der Waals surface area contributed by atoms with Gasteiger partial charge in [0.2, 0.25) is 5.90 Å². The van der Waals surface area contributed by atoms with Gasteiger partial charge in [0.05, 0.1) is 5.02 Å². The number of rotatable bonds is 8. The molecule has 0 saturated carbocycles. The van der Waals surface area contributed by atoms with Crippen molar-refractivity contribution in [2.75, 3.05) is 0 Å². The summed E-state index contributed by atoms with van der Waals surface area (Å²) in [5.74, 6) is -0.921. The number of hydrogen-bond acceptors (Lipinski definition) is 9. The lowest BCUT2D eigenvalue weighted by molar-refractivity contribution is -0.146. The largest absolute Gasteiger partial charge is 0.456 e. The maximum Gasteiger partial charge on any atom is 0.303 e. The molecule has 0 saturated heterocycles. The molecule has 2 aromatic rings. The highest BCUT2D eigenvalue weighted by Gasteiger charge is 2.36. The number of aliphatic hydroxyl groups is 1. The second-order valence-corrected chi connectivity index (χ2v) is 10.6. The summed E-state index contributed by atoms with van der Waals surface area (Å²) >= 11 is 6.19. The first-order valence-electron chi connectivity index (χ1n) is 11.2. The van der Waals surface area contributed by atoms with Crippen LogP contribution in [0.5, 0.6) is 0 Å². The second kappa shape index (κ2) is 10.1. The third-order valence-electron chi connectivity index (χ3n) is 6.09. The van der Waals surface area contributed by atoms with Crippen molar-refractivity contribution in [3.05, 3.63) is 57.7 Å². The molecule has 0 amide bonds. The topological polar surface area (TPSA) is 139 Å². The van der Waals surface area contributed by atoms with Gasteiger partial charge in [-0.15, -0.1) is 5.10 Å². The van der Waals surface area contributed by atoms with E-state index >= 15 is 0 Å². The molecule has 0 fully saturated rings. The molecular weight excluding hydrogens is 496 g/mol. The number of hydrogen-bond donors (Lipinski definition) is 3. The summed E-state index contributed by atoms with van der Waals surface area (Å²) in [5, 5.41) is 13.6. The lowest BCUT2D eigenvalue weighted by Crippen LogP contribution is -2.45. The third kappa shape index (κ3) is 5.43. The van der Waals surface area contributed by atoms with Crippen LogP contribution in [0, 0.1) is 0 Å². The smallest absolute Gasteiger partial charge is 0.303 e. The van der Waals surface area contributed by atoms with Gasteiger partial charge in [-0.1, -0.05) is 36.7 Å². The Labute approximate surface area is 208 Å². The van der Waals surface area contributed by atoms with Crippen molar-refractivity contribution in [1.29, 1.82) is 0 Å². The maximum atomic E-state index is 13.4. The molecule has 2 aliphatic rings. The van der Waals surface area contributed by atoms with E-state index in [2.05, 4.69) is 26.3 Å². The maximum absolute atomic E-state index is 13.4. The normalized spacial score (nSPS) is 19.7. The number of esters is 1. The molecule has 35 heavy (non-hydrogen) atoms. The fourth-order valence-electron chi connectivity index (χ4n) is 4.46. The standard InChI is InChI=1S/C23H27ClN4O6S/c1-12(16-8-4-6-15-7-5-9-17(15)16)20(22-26-27-23(30)34-22)28-35(31,32)19-11-10-18(24)21(25-19)13(2)33-14(3)29/h4,6,8,10-13,20,23,27-28,30H,5,7,9H2,1-3H3/t12-,13?,20+,23?/m1/s1. The van der Waals surface area contributed by atoms with Crippen LogP contribution in [-0.4, -0.2) is 42.8 Å². The summed E-state index contributed by atoms with van der Waals surface area (Å²) in [6, 6.07) is 7.71. The van der Waals surface area contributed by atoms with Gasteiger partial charge in [0, 0.05) is 12.8 Å². The van der Waals surface area contributed by atoms with Crippen molar-refractivity contribution < 1.29 is 27.8 Å². The van der Waals surface area contributed by atoms with Crippen molar-refractivity contribution in [3.63, 3.8) is 0 Å². The highest BCUT2D eigenvalue weighted by atomic mass is 35.5. The summed E-state index contributed by atoms with van der Waals surface area (Å²) in [7, 11) is -4.21. The highest BCUT2D eigenvalue weighted by molar-refractivity contribution is 7.89. The molecule has 1 aromatic heterocycles. The number of nitrogens with zero attached hydrogens (tertiary/aromatic N) is 2. The SMILES string of the molecule is CC(=O)OC(C)c1nc(S(=O)(=O)N[C@H](C2=NNC(O)O2)[C@H](C)c2cccc3c2CCC3)ccc1Cl. The number of ether oxygens (including phenoxy) is 2. The number of aromatic nitrogens is 1. The fourth-order valence-corrected chi connectivity index (χ4v) is 5.94. The van der Waals surface area contributed by atoms with Crippen LogP contribution in [0.4, 0.5) is 0 Å². The average Bonchev–Trinajstić information content (AvgIpc) is 3.45. The predicted molar refractivity (Wildman–Crippen MR) is 128 cm³/mol. The zero-order valence-electron chi connectivity index (χ0n) is 19.5. The van der Waals surface area contributed by atoms with Gasteiger partial charge < -0.3 is 14.6 Å². The average molecular weight is 523 g/mol. The Hall–Kier alpha value is -2.73. The number of carbonyl (C=O) groups excluding carboxylic acids is 1. The van der Waals surface area contributed by atoms with E-state index in [9.17, 15) is 18.3 Å². The fraction of sp³-hybridized carbons (Fsp3) is 0.435. The molecule has 1 aromatic carbocycles. The quantitative estimate of drug-likeness (QED) is 0.449. The van der Waals surface area contributed by atoms with E-state index < -0.39 is 34.6 Å². The number of halogens is 1. The van der Waals surface area contributed by atoms with Gasteiger partial charge in [0.25, 0.3) is 16.4 Å². The molecule has 10 nitrogen and oxygen atoms in total. The van der Waals surface area contributed by atoms with Crippen LogP contribution < -0.4 is 10.1 Å². The summed E-state index contributed by atoms with van der Waals surface area (Å²) < 4.78 is 40.0. The number of fused-ring (bicyclic) bond motifs is 1. The van der Waals surface area contributed by atoms with Gasteiger partial charge in [0.15, 0.2) is 5.03 Å².